The van der Waals surface area contributed by atoms with Gasteiger partial charge < -0.3 is 12.4 Å². The van der Waals surface area contributed by atoms with Crippen molar-refractivity contribution in [2.75, 3.05) is 0 Å². The van der Waals surface area contributed by atoms with E-state index in [0.717, 1.165) is 0 Å². The molecule has 4 rings (SSSR count). The largest absolute Gasteiger partial charge is 1.00 e. The zero-order valence-electron chi connectivity index (χ0n) is 15.2. The van der Waals surface area contributed by atoms with Gasteiger partial charge in [0.2, 0.25) is 0 Å². The lowest BCUT2D eigenvalue weighted by Gasteiger charge is -2.21. The Balaban J connectivity index is 0.00000225. The predicted molar refractivity (Wildman–Crippen MR) is 117 cm³/mol. The summed E-state index contributed by atoms with van der Waals surface area (Å²) in [5.41, 5.74) is 0. The fraction of sp³-hybridized carbons (Fsp3) is 0. The van der Waals surface area contributed by atoms with Crippen molar-refractivity contribution in [1.29, 1.82) is 0 Å². The molecule has 0 unspecified atom stereocenters. The Kier molecular flexibility index (Phi) is 7.63. The number of halogens is 1. The summed E-state index contributed by atoms with van der Waals surface area (Å²) in [5.74, 6) is 0. The summed E-state index contributed by atoms with van der Waals surface area (Å²) in [6.07, 6.45) is 0. The molecule has 0 atom stereocenters. The third-order valence-corrected chi connectivity index (χ3v) is 8.08. The van der Waals surface area contributed by atoms with Crippen LogP contribution in [0.4, 0.5) is 0 Å². The molecule has 0 saturated carbocycles. The molecule has 0 saturated heterocycles. The standard InChI is InChI=1S/C24H20NS2.ClH/c1-5-13-21(14-6-1)26(22-15-7-2-8-16-22)25-27(23-17-9-3-10-18-23)24-19-11-4-12-20-24;/h1-20H;1H/q+1;/p-1. The third kappa shape index (κ3) is 5.00. The van der Waals surface area contributed by atoms with Gasteiger partial charge in [-0.1, -0.05) is 72.8 Å². The van der Waals surface area contributed by atoms with Gasteiger partial charge in [-0.25, -0.2) is 0 Å². The molecule has 0 aromatic heterocycles. The van der Waals surface area contributed by atoms with E-state index in [4.69, 9.17) is 4.13 Å². The van der Waals surface area contributed by atoms with Gasteiger partial charge in [-0.3, -0.25) is 0 Å². The minimum absolute atomic E-state index is 0. The monoisotopic (exact) mass is 421 g/mol. The van der Waals surface area contributed by atoms with Crippen LogP contribution in [-0.4, -0.2) is 0 Å². The van der Waals surface area contributed by atoms with E-state index in [2.05, 4.69) is 121 Å². The molecular weight excluding hydrogens is 402 g/mol. The first-order chi connectivity index (χ1) is 13.4. The third-order valence-electron chi connectivity index (χ3n) is 4.01. The zero-order valence-corrected chi connectivity index (χ0v) is 17.6. The highest BCUT2D eigenvalue weighted by molar-refractivity contribution is 8.17. The first-order valence-corrected chi connectivity index (χ1v) is 11.2. The molecule has 0 aliphatic heterocycles. The second kappa shape index (κ2) is 10.4. The molecule has 0 bridgehead atoms. The lowest BCUT2D eigenvalue weighted by atomic mass is 10.4. The van der Waals surface area contributed by atoms with Crippen LogP contribution in [0, 0.1) is 0 Å². The Hall–Kier alpha value is -2.17. The topological polar surface area (TPSA) is 14.1 Å². The molecule has 1 nitrogen and oxygen atoms in total. The van der Waals surface area contributed by atoms with Crippen molar-refractivity contribution >= 4 is 22.2 Å². The molecule has 0 aliphatic carbocycles. The smallest absolute Gasteiger partial charge is 0.151 e. The fourth-order valence-corrected chi connectivity index (χ4v) is 6.89. The van der Waals surface area contributed by atoms with Crippen LogP contribution < -0.4 is 12.4 Å². The van der Waals surface area contributed by atoms with E-state index in [-0.39, 0.29) is 34.6 Å². The normalized spacial score (nSPS) is 10.6. The summed E-state index contributed by atoms with van der Waals surface area (Å²) in [6, 6.07) is 42.4. The Bertz CT molecular complexity index is 791. The number of rotatable bonds is 6. The average Bonchev–Trinajstić information content (AvgIpc) is 2.77. The summed E-state index contributed by atoms with van der Waals surface area (Å²) in [7, 11) is 0. The first kappa shape index (κ1) is 20.6. The van der Waals surface area contributed by atoms with Gasteiger partial charge in [0.15, 0.2) is 19.6 Å². The van der Waals surface area contributed by atoms with Crippen LogP contribution in [-0.2, 0) is 22.2 Å². The predicted octanol–water partition coefficient (Wildman–Crippen LogP) is 3.67. The second-order valence-corrected chi connectivity index (χ2v) is 9.52. The van der Waals surface area contributed by atoms with Crippen LogP contribution in [0.25, 0.3) is 4.13 Å². The maximum absolute atomic E-state index is 5.41. The van der Waals surface area contributed by atoms with Gasteiger partial charge in [-0.05, 0) is 48.5 Å². The lowest BCUT2D eigenvalue weighted by molar-refractivity contribution is -0.00000524. The molecule has 4 aromatic carbocycles. The van der Waals surface area contributed by atoms with E-state index in [9.17, 15) is 0 Å². The molecule has 0 heterocycles. The second-order valence-electron chi connectivity index (χ2n) is 5.90. The molecule has 140 valence electrons. The number of hydrogen-bond acceptors (Lipinski definition) is 0. The summed E-state index contributed by atoms with van der Waals surface area (Å²) in [6.45, 7) is 0. The Morgan fingerprint density at radius 3 is 0.786 bits per heavy atom. The zero-order chi connectivity index (χ0) is 18.3. The van der Waals surface area contributed by atoms with Crippen LogP contribution in [0.2, 0.25) is 0 Å². The van der Waals surface area contributed by atoms with Gasteiger partial charge in [0, 0.05) is 22.2 Å². The van der Waals surface area contributed by atoms with Crippen molar-refractivity contribution in [1.82, 2.24) is 0 Å². The molecule has 0 aliphatic rings. The highest BCUT2D eigenvalue weighted by Gasteiger charge is 2.28. The van der Waals surface area contributed by atoms with Gasteiger partial charge in [-0.2, -0.15) is 4.13 Å². The maximum Gasteiger partial charge on any atom is 0.151 e. The minimum Gasteiger partial charge on any atom is -1.00 e. The summed E-state index contributed by atoms with van der Waals surface area (Å²) < 4.78 is 5.41. The molecular formula is C24H20ClNS2. The number of hydrogen-bond donors (Lipinski definition) is 0. The van der Waals surface area contributed by atoms with E-state index >= 15 is 0 Å². The molecule has 0 N–H and O–H groups in total. The average molecular weight is 422 g/mol. The van der Waals surface area contributed by atoms with Crippen molar-refractivity contribution < 1.29 is 12.4 Å². The highest BCUT2D eigenvalue weighted by Crippen LogP contribution is 2.38. The SMILES string of the molecule is [Cl-].c1ccc([S+]([N-][S+](c2ccccc2)c2ccccc2)c2ccccc2)cc1. The van der Waals surface area contributed by atoms with Crippen LogP contribution >= 0.6 is 0 Å². The van der Waals surface area contributed by atoms with Crippen LogP contribution in [0.1, 0.15) is 0 Å². The van der Waals surface area contributed by atoms with Crippen molar-refractivity contribution in [2.24, 2.45) is 0 Å². The summed E-state index contributed by atoms with van der Waals surface area (Å²) in [4.78, 5) is 4.97. The highest BCUT2D eigenvalue weighted by atomic mass is 35.5. The van der Waals surface area contributed by atoms with Crippen molar-refractivity contribution in [3.05, 3.63) is 125 Å². The molecule has 0 amide bonds. The Morgan fingerprint density at radius 1 is 0.357 bits per heavy atom. The Labute approximate surface area is 179 Å². The molecule has 0 radical (unpaired) electrons. The van der Waals surface area contributed by atoms with Crippen molar-refractivity contribution in [3.63, 3.8) is 0 Å². The van der Waals surface area contributed by atoms with E-state index in [1.54, 1.807) is 0 Å². The lowest BCUT2D eigenvalue weighted by Crippen LogP contribution is -3.00. The molecule has 4 aromatic rings. The van der Waals surface area contributed by atoms with Crippen LogP contribution in [0.3, 0.4) is 0 Å². The molecule has 0 fully saturated rings. The maximum atomic E-state index is 5.41. The van der Waals surface area contributed by atoms with Crippen LogP contribution in [0.5, 0.6) is 0 Å². The quantitative estimate of drug-likeness (QED) is 0.422. The summed E-state index contributed by atoms with van der Waals surface area (Å²) >= 11 is -0.690. The number of nitrogens with zero attached hydrogens (tertiary/aromatic N) is 1. The van der Waals surface area contributed by atoms with E-state index < -0.39 is 0 Å². The van der Waals surface area contributed by atoms with Gasteiger partial charge in [0.05, 0.1) is 0 Å². The minimum atomic E-state index is -0.345. The van der Waals surface area contributed by atoms with Gasteiger partial charge in [0.25, 0.3) is 0 Å². The van der Waals surface area contributed by atoms with E-state index in [0.29, 0.717) is 0 Å². The number of benzene rings is 4. The molecule has 0 spiro atoms. The Morgan fingerprint density at radius 2 is 0.571 bits per heavy atom. The van der Waals surface area contributed by atoms with Crippen molar-refractivity contribution in [2.45, 2.75) is 19.6 Å². The summed E-state index contributed by atoms with van der Waals surface area (Å²) in [5, 5.41) is 0. The molecule has 28 heavy (non-hydrogen) atoms. The van der Waals surface area contributed by atoms with Gasteiger partial charge in [-0.15, -0.1) is 0 Å². The molecule has 4 heteroatoms. The van der Waals surface area contributed by atoms with E-state index in [1.165, 1.54) is 19.6 Å². The van der Waals surface area contributed by atoms with Gasteiger partial charge >= 0.3 is 0 Å². The van der Waals surface area contributed by atoms with Gasteiger partial charge in [0.1, 0.15) is 0 Å². The fourth-order valence-electron chi connectivity index (χ4n) is 2.72. The van der Waals surface area contributed by atoms with Crippen molar-refractivity contribution in [3.8, 4) is 0 Å². The van der Waals surface area contributed by atoms with Crippen LogP contribution in [0.15, 0.2) is 141 Å². The first-order valence-electron chi connectivity index (χ1n) is 8.82. The van der Waals surface area contributed by atoms with E-state index in [1.807, 2.05) is 0 Å².